The Balaban J connectivity index is 1.32. The van der Waals surface area contributed by atoms with Crippen molar-refractivity contribution in [2.24, 2.45) is 5.92 Å². The lowest BCUT2D eigenvalue weighted by Gasteiger charge is -2.29. The van der Waals surface area contributed by atoms with Gasteiger partial charge in [-0.2, -0.15) is 0 Å². The van der Waals surface area contributed by atoms with Gasteiger partial charge in [0.05, 0.1) is 23.7 Å². The van der Waals surface area contributed by atoms with Crippen molar-refractivity contribution < 1.29 is 28.7 Å². The molecule has 3 fully saturated rings. The lowest BCUT2D eigenvalue weighted by atomic mass is 9.90. The van der Waals surface area contributed by atoms with Gasteiger partial charge in [-0.1, -0.05) is 30.9 Å². The minimum Gasteiger partial charge on any atom is -0.433 e. The van der Waals surface area contributed by atoms with E-state index in [1.165, 1.54) is 42.4 Å². The number of carbonyl (C=O) groups is 4. The van der Waals surface area contributed by atoms with Crippen LogP contribution in [0.5, 0.6) is 0 Å². The molecule has 1 saturated carbocycles. The van der Waals surface area contributed by atoms with Crippen LogP contribution >= 0.6 is 11.6 Å². The number of nitrogens with one attached hydrogen (secondary N) is 2. The number of cyclic esters (lactones) is 1. The quantitative estimate of drug-likeness (QED) is 0.343. The van der Waals surface area contributed by atoms with Crippen LogP contribution in [0.4, 0.5) is 5.69 Å². The zero-order chi connectivity index (χ0) is 26.5. The highest BCUT2D eigenvalue weighted by Crippen LogP contribution is 2.26. The summed E-state index contributed by atoms with van der Waals surface area (Å²) in [5.41, 5.74) is 6.32. The van der Waals surface area contributed by atoms with Crippen LogP contribution in [0, 0.1) is 5.92 Å². The summed E-state index contributed by atoms with van der Waals surface area (Å²) >= 11 is 6.00. The molecule has 1 unspecified atom stereocenters. The number of hydrogen-bond acceptors (Lipinski definition) is 7. The number of carbonyl (C=O) groups excluding carboxylic acids is 4. The summed E-state index contributed by atoms with van der Waals surface area (Å²) in [4.78, 5) is 52.4. The third kappa shape index (κ3) is 6.73. The molecule has 0 aromatic heterocycles. The zero-order valence-corrected chi connectivity index (χ0v) is 21.8. The summed E-state index contributed by atoms with van der Waals surface area (Å²) < 4.78 is 11.2. The normalized spacial score (nSPS) is 25.0. The standard InChI is InChI=1S/C26H35ClN4O6/c1-15(29-23(33)17-9-10-19(28)18(27)12-17)25(35)31-11-5-8-21(31)24(34)30-20-13-22(32)37-26(20)36-14-16-6-3-2-4-7-16/h9-10,12,15-16,20-21,26H,2-8,11,13-14,28H2,1H3,(H,29,33)(H,30,34)/t15-,20?,21-,26+/m0/s1. The predicted octanol–water partition coefficient (Wildman–Crippen LogP) is 2.39. The Kier molecular flexibility index (Phi) is 8.91. The minimum atomic E-state index is -0.861. The maximum Gasteiger partial charge on any atom is 0.310 e. The highest BCUT2D eigenvalue weighted by molar-refractivity contribution is 6.33. The number of esters is 1. The fourth-order valence-electron chi connectivity index (χ4n) is 5.23. The topological polar surface area (TPSA) is 140 Å². The van der Waals surface area contributed by atoms with Crippen LogP contribution in [-0.4, -0.2) is 66.2 Å². The van der Waals surface area contributed by atoms with E-state index < -0.39 is 36.3 Å². The number of nitrogens with zero attached hydrogens (tertiary/aromatic N) is 1. The average Bonchev–Trinajstić information content (AvgIpc) is 3.51. The molecule has 1 aromatic carbocycles. The first-order valence-electron chi connectivity index (χ1n) is 13.0. The fraction of sp³-hybridized carbons (Fsp3) is 0.615. The largest absolute Gasteiger partial charge is 0.433 e. The Labute approximate surface area is 221 Å². The van der Waals surface area contributed by atoms with Gasteiger partial charge in [0.25, 0.3) is 5.91 Å². The molecule has 3 aliphatic rings. The molecule has 4 rings (SSSR count). The van der Waals surface area contributed by atoms with E-state index in [2.05, 4.69) is 10.6 Å². The van der Waals surface area contributed by atoms with Crippen LogP contribution < -0.4 is 16.4 Å². The van der Waals surface area contributed by atoms with Crippen molar-refractivity contribution in [2.45, 2.75) is 82.7 Å². The van der Waals surface area contributed by atoms with Crippen molar-refractivity contribution in [3.63, 3.8) is 0 Å². The summed E-state index contributed by atoms with van der Waals surface area (Å²) in [5.74, 6) is -1.17. The Morgan fingerprint density at radius 2 is 1.95 bits per heavy atom. The van der Waals surface area contributed by atoms with Gasteiger partial charge in [-0.15, -0.1) is 0 Å². The van der Waals surface area contributed by atoms with Gasteiger partial charge in [-0.25, -0.2) is 0 Å². The van der Waals surface area contributed by atoms with E-state index in [4.69, 9.17) is 26.8 Å². The fourth-order valence-corrected chi connectivity index (χ4v) is 5.41. The van der Waals surface area contributed by atoms with E-state index in [0.29, 0.717) is 37.6 Å². The van der Waals surface area contributed by atoms with Crippen LogP contribution in [0.25, 0.3) is 0 Å². The monoisotopic (exact) mass is 534 g/mol. The number of likely N-dealkylation sites (tertiary alicyclic amines) is 1. The van der Waals surface area contributed by atoms with Crippen LogP contribution in [0.3, 0.4) is 0 Å². The lowest BCUT2D eigenvalue weighted by Crippen LogP contribution is -2.54. The molecule has 10 nitrogen and oxygen atoms in total. The van der Waals surface area contributed by atoms with Gasteiger partial charge in [-0.05, 0) is 56.7 Å². The number of hydrogen-bond donors (Lipinski definition) is 3. The maximum atomic E-state index is 13.2. The van der Waals surface area contributed by atoms with Crippen molar-refractivity contribution in [3.8, 4) is 0 Å². The summed E-state index contributed by atoms with van der Waals surface area (Å²) in [5, 5.41) is 5.79. The van der Waals surface area contributed by atoms with E-state index in [-0.39, 0.29) is 28.8 Å². The van der Waals surface area contributed by atoms with Crippen LogP contribution in [-0.2, 0) is 23.9 Å². The third-order valence-electron chi connectivity index (χ3n) is 7.33. The lowest BCUT2D eigenvalue weighted by molar-refractivity contribution is -0.168. The first kappa shape index (κ1) is 27.2. The number of rotatable bonds is 8. The molecule has 2 saturated heterocycles. The van der Waals surface area contributed by atoms with Crippen molar-refractivity contribution in [1.82, 2.24) is 15.5 Å². The van der Waals surface area contributed by atoms with Crippen LogP contribution in [0.2, 0.25) is 5.02 Å². The van der Waals surface area contributed by atoms with Gasteiger partial charge in [-0.3, -0.25) is 19.2 Å². The Hall–Kier alpha value is -2.85. The highest BCUT2D eigenvalue weighted by Gasteiger charge is 2.41. The van der Waals surface area contributed by atoms with Gasteiger partial charge in [0.1, 0.15) is 18.1 Å². The van der Waals surface area contributed by atoms with E-state index in [1.54, 1.807) is 6.92 Å². The number of nitrogens with two attached hydrogens (primary N) is 1. The van der Waals surface area contributed by atoms with Gasteiger partial charge < -0.3 is 30.7 Å². The molecule has 1 aliphatic carbocycles. The summed E-state index contributed by atoms with van der Waals surface area (Å²) in [6.45, 7) is 2.46. The van der Waals surface area contributed by atoms with E-state index in [0.717, 1.165) is 12.8 Å². The summed E-state index contributed by atoms with van der Waals surface area (Å²) in [6.07, 6.45) is 6.12. The summed E-state index contributed by atoms with van der Waals surface area (Å²) in [6, 6.07) is 2.32. The van der Waals surface area contributed by atoms with Crippen LogP contribution in [0.1, 0.15) is 68.6 Å². The molecule has 0 radical (unpaired) electrons. The van der Waals surface area contributed by atoms with Crippen molar-refractivity contribution in [1.29, 1.82) is 0 Å². The number of amides is 3. The third-order valence-corrected chi connectivity index (χ3v) is 7.66. The molecule has 2 aliphatic heterocycles. The Morgan fingerprint density at radius 1 is 1.19 bits per heavy atom. The smallest absolute Gasteiger partial charge is 0.310 e. The number of anilines is 1. The average molecular weight is 535 g/mol. The highest BCUT2D eigenvalue weighted by atomic mass is 35.5. The molecule has 3 amide bonds. The molecule has 4 N–H and O–H groups in total. The predicted molar refractivity (Wildman–Crippen MR) is 136 cm³/mol. The minimum absolute atomic E-state index is 0.0261. The SMILES string of the molecule is C[C@H](NC(=O)c1ccc(N)c(Cl)c1)C(=O)N1CCC[C@H]1C(=O)NC1CC(=O)O[C@H]1OCC1CCCCC1. The molecule has 4 atom stereocenters. The Morgan fingerprint density at radius 3 is 2.68 bits per heavy atom. The number of halogens is 1. The van der Waals surface area contributed by atoms with Gasteiger partial charge in [0.15, 0.2) is 0 Å². The van der Waals surface area contributed by atoms with Crippen molar-refractivity contribution >= 4 is 41.0 Å². The van der Waals surface area contributed by atoms with E-state index >= 15 is 0 Å². The van der Waals surface area contributed by atoms with Crippen LogP contribution in [0.15, 0.2) is 18.2 Å². The zero-order valence-electron chi connectivity index (χ0n) is 21.0. The Bertz CT molecular complexity index is 1030. The summed E-state index contributed by atoms with van der Waals surface area (Å²) in [7, 11) is 0. The molecule has 11 heteroatoms. The van der Waals surface area contributed by atoms with Gasteiger partial charge in [0.2, 0.25) is 18.1 Å². The second-order valence-corrected chi connectivity index (χ2v) is 10.5. The van der Waals surface area contributed by atoms with Crippen molar-refractivity contribution in [2.75, 3.05) is 18.9 Å². The molecule has 202 valence electrons. The maximum absolute atomic E-state index is 13.2. The number of benzene rings is 1. The van der Waals surface area contributed by atoms with Gasteiger partial charge in [0, 0.05) is 12.1 Å². The van der Waals surface area contributed by atoms with E-state index in [9.17, 15) is 19.2 Å². The molecule has 2 heterocycles. The first-order valence-corrected chi connectivity index (χ1v) is 13.4. The number of nitrogen functional groups attached to an aromatic ring is 1. The van der Waals surface area contributed by atoms with Gasteiger partial charge >= 0.3 is 5.97 Å². The molecule has 1 aromatic rings. The first-order chi connectivity index (χ1) is 17.7. The van der Waals surface area contributed by atoms with Crippen molar-refractivity contribution in [3.05, 3.63) is 28.8 Å². The number of ether oxygens (including phenoxy) is 2. The molecule has 0 spiro atoms. The molecule has 37 heavy (non-hydrogen) atoms. The molecular weight excluding hydrogens is 500 g/mol. The second-order valence-electron chi connectivity index (χ2n) is 10.1. The van der Waals surface area contributed by atoms with E-state index in [1.807, 2.05) is 0 Å². The second kappa shape index (κ2) is 12.1. The molecule has 0 bridgehead atoms. The molecular formula is C26H35ClN4O6.